The highest BCUT2D eigenvalue weighted by Gasteiger charge is 2.23. The molecule has 7 heteroatoms. The summed E-state index contributed by atoms with van der Waals surface area (Å²) in [5.41, 5.74) is -0.195. The van der Waals surface area contributed by atoms with E-state index < -0.39 is 21.0 Å². The van der Waals surface area contributed by atoms with Crippen LogP contribution < -0.4 is 4.18 Å². The molecule has 122 valence electrons. The van der Waals surface area contributed by atoms with Crippen molar-refractivity contribution in [3.8, 4) is 5.75 Å². The van der Waals surface area contributed by atoms with E-state index in [0.717, 1.165) is 11.5 Å². The third-order valence-corrected chi connectivity index (χ3v) is 5.11. The summed E-state index contributed by atoms with van der Waals surface area (Å²) in [6.07, 6.45) is 0. The van der Waals surface area contributed by atoms with Crippen molar-refractivity contribution >= 4 is 38.5 Å². The van der Waals surface area contributed by atoms with Crippen LogP contribution in [-0.2, 0) is 10.1 Å². The van der Waals surface area contributed by atoms with Crippen molar-refractivity contribution in [3.05, 3.63) is 71.2 Å². The molecule has 0 amide bonds. The van der Waals surface area contributed by atoms with E-state index in [9.17, 15) is 13.2 Å². The second-order valence-corrected chi connectivity index (χ2v) is 6.89. The maximum atomic E-state index is 12.5. The summed E-state index contributed by atoms with van der Waals surface area (Å²) in [6.45, 7) is 0. The molecule has 0 radical (unpaired) electrons. The number of fused-ring (bicyclic) bond motifs is 1. The van der Waals surface area contributed by atoms with E-state index in [1.54, 1.807) is 18.2 Å². The average molecular weight is 363 g/mol. The van der Waals surface area contributed by atoms with Crippen LogP contribution in [0.2, 0.25) is 5.02 Å². The first kappa shape index (κ1) is 16.3. The van der Waals surface area contributed by atoms with Crippen LogP contribution in [0.5, 0.6) is 5.75 Å². The molecule has 0 saturated heterocycles. The molecule has 0 unspecified atom stereocenters. The molecule has 3 rings (SSSR count). The maximum absolute atomic E-state index is 12.5. The smallest absolute Gasteiger partial charge is 0.340 e. The minimum Gasteiger partial charge on any atom is -0.478 e. The molecule has 0 saturated carbocycles. The Balaban J connectivity index is 2.09. The van der Waals surface area contributed by atoms with Crippen LogP contribution in [-0.4, -0.2) is 19.5 Å². The van der Waals surface area contributed by atoms with E-state index in [4.69, 9.17) is 20.9 Å². The van der Waals surface area contributed by atoms with Gasteiger partial charge in [-0.1, -0.05) is 48.0 Å². The number of rotatable bonds is 4. The molecular weight excluding hydrogens is 352 g/mol. The van der Waals surface area contributed by atoms with Gasteiger partial charge in [0, 0.05) is 5.39 Å². The monoisotopic (exact) mass is 362 g/mol. The van der Waals surface area contributed by atoms with Crippen LogP contribution in [0.1, 0.15) is 10.4 Å². The minimum absolute atomic E-state index is 0.111. The zero-order chi connectivity index (χ0) is 17.3. The quantitative estimate of drug-likeness (QED) is 0.710. The number of aromatic carboxylic acids is 1. The van der Waals surface area contributed by atoms with Crippen molar-refractivity contribution in [3.63, 3.8) is 0 Å². The molecule has 0 aliphatic carbocycles. The van der Waals surface area contributed by atoms with Crippen LogP contribution in [0.3, 0.4) is 0 Å². The zero-order valence-electron chi connectivity index (χ0n) is 12.1. The average Bonchev–Trinajstić information content (AvgIpc) is 2.55. The van der Waals surface area contributed by atoms with Gasteiger partial charge in [-0.05, 0) is 29.7 Å². The van der Waals surface area contributed by atoms with Gasteiger partial charge in [0.2, 0.25) is 0 Å². The molecule has 0 aliphatic heterocycles. The van der Waals surface area contributed by atoms with Crippen molar-refractivity contribution in [2.75, 3.05) is 0 Å². The fraction of sp³-hybridized carbons (Fsp3) is 0. The van der Waals surface area contributed by atoms with Gasteiger partial charge in [0.1, 0.15) is 4.90 Å². The van der Waals surface area contributed by atoms with E-state index in [2.05, 4.69) is 0 Å². The first-order valence-corrected chi connectivity index (χ1v) is 8.62. The van der Waals surface area contributed by atoms with E-state index in [1.165, 1.54) is 18.2 Å². The molecule has 3 aromatic rings. The summed E-state index contributed by atoms with van der Waals surface area (Å²) in [5.74, 6) is -1.11. The summed E-state index contributed by atoms with van der Waals surface area (Å²) < 4.78 is 30.3. The molecule has 0 aromatic heterocycles. The molecule has 1 N–H and O–H groups in total. The van der Waals surface area contributed by atoms with Crippen LogP contribution in [0.25, 0.3) is 10.8 Å². The molecule has 3 aromatic carbocycles. The topological polar surface area (TPSA) is 80.7 Å². The Kier molecular flexibility index (Phi) is 4.17. The molecule has 5 nitrogen and oxygen atoms in total. The third kappa shape index (κ3) is 3.06. The SMILES string of the molecule is O=C(O)c1ccc(Cl)c(S(=O)(=O)Oc2cccc3ccccc23)c1. The molecule has 0 spiro atoms. The first-order valence-electron chi connectivity index (χ1n) is 6.83. The van der Waals surface area contributed by atoms with Gasteiger partial charge in [-0.15, -0.1) is 0 Å². The second kappa shape index (κ2) is 6.14. The normalized spacial score (nSPS) is 11.4. The summed E-state index contributed by atoms with van der Waals surface area (Å²) >= 11 is 5.92. The number of hydrogen-bond acceptors (Lipinski definition) is 4. The summed E-state index contributed by atoms with van der Waals surface area (Å²) in [7, 11) is -4.29. The minimum atomic E-state index is -4.29. The lowest BCUT2D eigenvalue weighted by molar-refractivity contribution is 0.0696. The number of carboxylic acid groups (broad SMARTS) is 1. The Hall–Kier alpha value is -2.57. The highest BCUT2D eigenvalue weighted by molar-refractivity contribution is 7.87. The number of benzene rings is 3. The standard InChI is InChI=1S/C17H11ClO5S/c18-14-9-8-12(17(19)20)10-16(14)24(21,22)23-15-7-3-5-11-4-1-2-6-13(11)15/h1-10H,(H,19,20). The third-order valence-electron chi connectivity index (χ3n) is 3.40. The van der Waals surface area contributed by atoms with E-state index in [1.807, 2.05) is 18.2 Å². The second-order valence-electron chi connectivity index (χ2n) is 4.97. The molecule has 0 atom stereocenters. The molecule has 0 bridgehead atoms. The van der Waals surface area contributed by atoms with Gasteiger partial charge in [-0.2, -0.15) is 8.42 Å². The van der Waals surface area contributed by atoms with Crippen molar-refractivity contribution in [1.82, 2.24) is 0 Å². The maximum Gasteiger partial charge on any atom is 0.340 e. The van der Waals surface area contributed by atoms with Gasteiger partial charge >= 0.3 is 16.1 Å². The molecule has 0 heterocycles. The summed E-state index contributed by atoms with van der Waals surface area (Å²) in [4.78, 5) is 10.7. The van der Waals surface area contributed by atoms with E-state index in [-0.39, 0.29) is 16.3 Å². The van der Waals surface area contributed by atoms with Gasteiger partial charge in [0.05, 0.1) is 10.6 Å². The van der Waals surface area contributed by atoms with Crippen molar-refractivity contribution < 1.29 is 22.5 Å². The molecule has 0 aliphatic rings. The van der Waals surface area contributed by atoms with Gasteiger partial charge in [0.15, 0.2) is 5.75 Å². The zero-order valence-corrected chi connectivity index (χ0v) is 13.7. The largest absolute Gasteiger partial charge is 0.478 e. The van der Waals surface area contributed by atoms with Gasteiger partial charge in [-0.25, -0.2) is 4.79 Å². The lowest BCUT2D eigenvalue weighted by atomic mass is 10.1. The van der Waals surface area contributed by atoms with Crippen LogP contribution in [0.15, 0.2) is 65.6 Å². The van der Waals surface area contributed by atoms with Gasteiger partial charge in [0.25, 0.3) is 0 Å². The number of halogens is 1. The highest BCUT2D eigenvalue weighted by atomic mass is 35.5. The highest BCUT2D eigenvalue weighted by Crippen LogP contribution is 2.30. The Bertz CT molecular complexity index is 1040. The Morgan fingerprint density at radius 1 is 1.00 bits per heavy atom. The Morgan fingerprint density at radius 3 is 2.46 bits per heavy atom. The first-order chi connectivity index (χ1) is 11.4. The van der Waals surface area contributed by atoms with E-state index >= 15 is 0 Å². The van der Waals surface area contributed by atoms with Crippen LogP contribution in [0, 0.1) is 0 Å². The lowest BCUT2D eigenvalue weighted by Gasteiger charge is -2.11. The fourth-order valence-corrected chi connectivity index (χ4v) is 3.71. The van der Waals surface area contributed by atoms with Crippen LogP contribution >= 0.6 is 11.6 Å². The summed E-state index contributed by atoms with van der Waals surface area (Å²) in [6, 6.07) is 15.6. The van der Waals surface area contributed by atoms with Crippen molar-refractivity contribution in [1.29, 1.82) is 0 Å². The van der Waals surface area contributed by atoms with Gasteiger partial charge in [-0.3, -0.25) is 0 Å². The van der Waals surface area contributed by atoms with Gasteiger partial charge < -0.3 is 9.29 Å². The van der Waals surface area contributed by atoms with Crippen molar-refractivity contribution in [2.24, 2.45) is 0 Å². The molecule has 0 fully saturated rings. The Morgan fingerprint density at radius 2 is 1.71 bits per heavy atom. The van der Waals surface area contributed by atoms with Crippen molar-refractivity contribution in [2.45, 2.75) is 4.90 Å². The number of carbonyl (C=O) groups is 1. The fourth-order valence-electron chi connectivity index (χ4n) is 2.26. The van der Waals surface area contributed by atoms with E-state index in [0.29, 0.717) is 5.39 Å². The number of carboxylic acids is 1. The molecule has 24 heavy (non-hydrogen) atoms. The Labute approximate surface area is 143 Å². The molecular formula is C17H11ClO5S. The number of hydrogen-bond donors (Lipinski definition) is 1. The summed E-state index contributed by atoms with van der Waals surface area (Å²) in [5, 5.41) is 10.3. The lowest BCUT2D eigenvalue weighted by Crippen LogP contribution is -2.12. The van der Waals surface area contributed by atoms with Crippen LogP contribution in [0.4, 0.5) is 0 Å². The predicted molar refractivity (Wildman–Crippen MR) is 90.2 cm³/mol. The predicted octanol–water partition coefficient (Wildman–Crippen LogP) is 3.96.